The van der Waals surface area contributed by atoms with E-state index in [-0.39, 0.29) is 36.2 Å². The van der Waals surface area contributed by atoms with Crippen LogP contribution in [0.5, 0.6) is 5.75 Å². The summed E-state index contributed by atoms with van der Waals surface area (Å²) in [6.07, 6.45) is -0.0109. The van der Waals surface area contributed by atoms with Crippen LogP contribution >= 0.6 is 23.8 Å². The first-order chi connectivity index (χ1) is 14.4. The van der Waals surface area contributed by atoms with E-state index in [1.54, 1.807) is 55.6 Å². The first-order valence-corrected chi connectivity index (χ1v) is 9.72. The minimum absolute atomic E-state index is 0.0463. The first-order valence-electron chi connectivity index (χ1n) is 8.93. The van der Waals surface area contributed by atoms with Gasteiger partial charge in [0.2, 0.25) is 17.7 Å². The molecule has 10 heteroatoms. The van der Waals surface area contributed by atoms with Crippen LogP contribution in [0.25, 0.3) is 0 Å². The minimum atomic E-state index is -0.462. The molecule has 0 unspecified atom stereocenters. The third-order valence-electron chi connectivity index (χ3n) is 3.82. The zero-order valence-electron chi connectivity index (χ0n) is 16.2. The highest BCUT2D eigenvalue weighted by Crippen LogP contribution is 2.20. The Hall–Kier alpha value is -3.17. The number of halogens is 1. The summed E-state index contributed by atoms with van der Waals surface area (Å²) in [5.41, 5.74) is 6.01. The van der Waals surface area contributed by atoms with Crippen molar-refractivity contribution in [2.24, 2.45) is 0 Å². The Labute approximate surface area is 184 Å². The molecule has 2 aromatic carbocycles. The van der Waals surface area contributed by atoms with Gasteiger partial charge in [-0.1, -0.05) is 35.9 Å². The topological polar surface area (TPSA) is 109 Å². The molecule has 0 heterocycles. The van der Waals surface area contributed by atoms with Crippen molar-refractivity contribution >= 4 is 52.3 Å². The van der Waals surface area contributed by atoms with Crippen LogP contribution < -0.4 is 26.2 Å². The van der Waals surface area contributed by atoms with Crippen LogP contribution in [0.15, 0.2) is 48.5 Å². The molecule has 0 bridgehead atoms. The van der Waals surface area contributed by atoms with Crippen LogP contribution in [0.2, 0.25) is 5.02 Å². The summed E-state index contributed by atoms with van der Waals surface area (Å²) < 4.78 is 5.06. The van der Waals surface area contributed by atoms with E-state index in [0.717, 1.165) is 5.56 Å². The van der Waals surface area contributed by atoms with Gasteiger partial charge in [-0.2, -0.15) is 0 Å². The Morgan fingerprint density at radius 1 is 0.933 bits per heavy atom. The molecule has 0 fully saturated rings. The molecule has 0 spiro atoms. The van der Waals surface area contributed by atoms with E-state index in [4.69, 9.17) is 28.6 Å². The van der Waals surface area contributed by atoms with E-state index in [9.17, 15) is 14.4 Å². The van der Waals surface area contributed by atoms with E-state index in [2.05, 4.69) is 21.5 Å². The number of ether oxygens (including phenoxy) is 1. The summed E-state index contributed by atoms with van der Waals surface area (Å²) in [4.78, 5) is 35.7. The summed E-state index contributed by atoms with van der Waals surface area (Å²) in [6, 6.07) is 13.8. The summed E-state index contributed by atoms with van der Waals surface area (Å²) in [5.74, 6) is -0.463. The average Bonchev–Trinajstić information content (AvgIpc) is 2.73. The molecule has 0 aliphatic rings. The number of benzene rings is 2. The van der Waals surface area contributed by atoms with E-state index >= 15 is 0 Å². The number of methoxy groups -OCH3 is 1. The van der Waals surface area contributed by atoms with Gasteiger partial charge in [0.05, 0.1) is 24.2 Å². The third-order valence-corrected chi connectivity index (χ3v) is 4.35. The maximum atomic E-state index is 12.0. The molecule has 0 radical (unpaired) electrons. The van der Waals surface area contributed by atoms with Crippen molar-refractivity contribution in [2.75, 3.05) is 12.4 Å². The molecular weight excluding hydrogens is 428 g/mol. The van der Waals surface area contributed by atoms with E-state index in [0.29, 0.717) is 16.5 Å². The Balaban J connectivity index is 1.65. The van der Waals surface area contributed by atoms with E-state index in [1.807, 2.05) is 0 Å². The molecule has 2 aromatic rings. The van der Waals surface area contributed by atoms with Crippen LogP contribution in [0.4, 0.5) is 5.69 Å². The van der Waals surface area contributed by atoms with Crippen LogP contribution in [-0.2, 0) is 20.8 Å². The van der Waals surface area contributed by atoms with Gasteiger partial charge in [-0.3, -0.25) is 25.2 Å². The summed E-state index contributed by atoms with van der Waals surface area (Å²) in [7, 11) is 1.56. The molecule has 0 aliphatic heterocycles. The largest absolute Gasteiger partial charge is 0.497 e. The SMILES string of the molecule is COc1ccc(CC(=O)NC(=S)NNC(=O)CCC(=O)Nc2ccccc2Cl)cc1. The molecule has 0 saturated carbocycles. The molecule has 2 rings (SSSR count). The molecule has 4 N–H and O–H groups in total. The van der Waals surface area contributed by atoms with Gasteiger partial charge in [-0.05, 0) is 42.0 Å². The number of nitrogens with one attached hydrogen (secondary N) is 4. The maximum absolute atomic E-state index is 12.0. The fourth-order valence-electron chi connectivity index (χ4n) is 2.32. The van der Waals surface area contributed by atoms with Gasteiger partial charge in [0.15, 0.2) is 5.11 Å². The summed E-state index contributed by atoms with van der Waals surface area (Å²) >= 11 is 10.9. The van der Waals surface area contributed by atoms with Crippen molar-refractivity contribution in [3.05, 3.63) is 59.1 Å². The molecule has 0 atom stereocenters. The van der Waals surface area contributed by atoms with E-state index < -0.39 is 5.91 Å². The molecule has 30 heavy (non-hydrogen) atoms. The predicted octanol–water partition coefficient (Wildman–Crippen LogP) is 2.33. The molecule has 0 aliphatic carbocycles. The van der Waals surface area contributed by atoms with Gasteiger partial charge < -0.3 is 15.4 Å². The molecule has 3 amide bonds. The van der Waals surface area contributed by atoms with Crippen molar-refractivity contribution < 1.29 is 19.1 Å². The summed E-state index contributed by atoms with van der Waals surface area (Å²) in [6.45, 7) is 0. The number of rotatable bonds is 7. The predicted molar refractivity (Wildman–Crippen MR) is 118 cm³/mol. The monoisotopic (exact) mass is 448 g/mol. The normalized spacial score (nSPS) is 9.93. The number of hydrogen-bond donors (Lipinski definition) is 4. The Kier molecular flexibility index (Phi) is 9.04. The molecule has 158 valence electrons. The summed E-state index contributed by atoms with van der Waals surface area (Å²) in [5, 5.41) is 5.44. The maximum Gasteiger partial charge on any atom is 0.238 e. The second-order valence-corrected chi connectivity index (χ2v) is 6.92. The smallest absolute Gasteiger partial charge is 0.238 e. The number of para-hydroxylation sites is 1. The lowest BCUT2D eigenvalue weighted by atomic mass is 10.1. The van der Waals surface area contributed by atoms with E-state index in [1.165, 1.54) is 0 Å². The lowest BCUT2D eigenvalue weighted by Crippen LogP contribution is -2.48. The molecule has 0 saturated heterocycles. The standard InChI is InChI=1S/C20H21ClN4O4S/c1-29-14-8-6-13(7-9-14)12-19(28)23-20(30)25-24-18(27)11-10-17(26)22-16-5-3-2-4-15(16)21/h2-9H,10-12H2,1H3,(H,22,26)(H,24,27)(H2,23,25,28,30). The van der Waals surface area contributed by atoms with Crippen molar-refractivity contribution in [1.82, 2.24) is 16.2 Å². The van der Waals surface area contributed by atoms with Gasteiger partial charge >= 0.3 is 0 Å². The van der Waals surface area contributed by atoms with Crippen molar-refractivity contribution in [2.45, 2.75) is 19.3 Å². The fourth-order valence-corrected chi connectivity index (χ4v) is 2.67. The average molecular weight is 449 g/mol. The van der Waals surface area contributed by atoms with Crippen LogP contribution in [0.1, 0.15) is 18.4 Å². The van der Waals surface area contributed by atoms with Crippen LogP contribution in [-0.4, -0.2) is 29.9 Å². The lowest BCUT2D eigenvalue weighted by Gasteiger charge is -2.11. The zero-order chi connectivity index (χ0) is 21.9. The van der Waals surface area contributed by atoms with Gasteiger partial charge in [0.1, 0.15) is 5.75 Å². The molecule has 0 aromatic heterocycles. The number of hydrazine groups is 1. The highest BCUT2D eigenvalue weighted by molar-refractivity contribution is 7.80. The molecule has 8 nitrogen and oxygen atoms in total. The quantitative estimate of drug-likeness (QED) is 0.382. The van der Waals surface area contributed by atoms with Crippen LogP contribution in [0.3, 0.4) is 0 Å². The Morgan fingerprint density at radius 2 is 1.60 bits per heavy atom. The van der Waals surface area contributed by atoms with Gasteiger partial charge in [-0.15, -0.1) is 0 Å². The zero-order valence-corrected chi connectivity index (χ0v) is 17.7. The Bertz CT molecular complexity index is 921. The van der Waals surface area contributed by atoms with Gasteiger partial charge in [-0.25, -0.2) is 0 Å². The highest BCUT2D eigenvalue weighted by atomic mass is 35.5. The van der Waals surface area contributed by atoms with Crippen molar-refractivity contribution in [3.8, 4) is 5.75 Å². The second-order valence-electron chi connectivity index (χ2n) is 6.10. The number of anilines is 1. The van der Waals surface area contributed by atoms with Gasteiger partial charge in [0, 0.05) is 12.8 Å². The number of thiocarbonyl (C=S) groups is 1. The number of hydrogen-bond acceptors (Lipinski definition) is 5. The lowest BCUT2D eigenvalue weighted by molar-refractivity contribution is -0.124. The van der Waals surface area contributed by atoms with Crippen molar-refractivity contribution in [1.29, 1.82) is 0 Å². The first kappa shape index (κ1) is 23.1. The number of carbonyl (C=O) groups excluding carboxylic acids is 3. The highest BCUT2D eigenvalue weighted by Gasteiger charge is 2.10. The fraction of sp³-hybridized carbons (Fsp3) is 0.200. The number of amides is 3. The molecular formula is C20H21ClN4O4S. The third kappa shape index (κ3) is 8.06. The van der Waals surface area contributed by atoms with Crippen LogP contribution in [0, 0.1) is 0 Å². The Morgan fingerprint density at radius 3 is 2.27 bits per heavy atom. The second kappa shape index (κ2) is 11.7. The number of carbonyl (C=O) groups is 3. The van der Waals surface area contributed by atoms with Gasteiger partial charge in [0.25, 0.3) is 0 Å². The minimum Gasteiger partial charge on any atom is -0.497 e. The van der Waals surface area contributed by atoms with Crippen molar-refractivity contribution in [3.63, 3.8) is 0 Å².